The van der Waals surface area contributed by atoms with E-state index in [2.05, 4.69) is 5.48 Å². The highest BCUT2D eigenvalue weighted by atomic mass is 35.5. The highest BCUT2D eigenvalue weighted by Crippen LogP contribution is 2.42. The number of benzene rings is 1. The summed E-state index contributed by atoms with van der Waals surface area (Å²) >= 11 is 12.0. The van der Waals surface area contributed by atoms with Gasteiger partial charge in [-0.25, -0.2) is 0 Å². The average Bonchev–Trinajstić information content (AvgIpc) is 2.58. The Morgan fingerprint density at radius 2 is 2.14 bits per heavy atom. The molecule has 0 saturated heterocycles. The summed E-state index contributed by atoms with van der Waals surface area (Å²) in [5, 5.41) is 1.21. The lowest BCUT2D eigenvalue weighted by Crippen LogP contribution is -2.21. The maximum absolute atomic E-state index is 6.04. The minimum atomic E-state index is -0.0544. The zero-order valence-electron chi connectivity index (χ0n) is 7.51. The summed E-state index contributed by atoms with van der Waals surface area (Å²) in [4.78, 5) is 4.85. The van der Waals surface area contributed by atoms with Gasteiger partial charge in [0.05, 0.1) is 18.2 Å². The first kappa shape index (κ1) is 10.1. The van der Waals surface area contributed by atoms with Crippen molar-refractivity contribution in [3.05, 3.63) is 27.7 Å². The van der Waals surface area contributed by atoms with Gasteiger partial charge in [-0.3, -0.25) is 0 Å². The maximum atomic E-state index is 6.04. The van der Waals surface area contributed by atoms with Gasteiger partial charge in [-0.1, -0.05) is 23.2 Å². The molecule has 1 aliphatic heterocycles. The third-order valence-electron chi connectivity index (χ3n) is 2.10. The molecule has 1 aromatic rings. The van der Waals surface area contributed by atoms with Crippen LogP contribution in [0, 0.1) is 0 Å². The van der Waals surface area contributed by atoms with Gasteiger partial charge in [0.1, 0.15) is 12.4 Å². The summed E-state index contributed by atoms with van der Waals surface area (Å²) in [6, 6.07) is 3.42. The van der Waals surface area contributed by atoms with Gasteiger partial charge in [0.25, 0.3) is 0 Å². The van der Waals surface area contributed by atoms with Crippen molar-refractivity contribution in [2.24, 2.45) is 0 Å². The number of ether oxygens (including phenoxy) is 1. The maximum Gasteiger partial charge on any atom is 0.144 e. The molecule has 0 spiro atoms. The van der Waals surface area contributed by atoms with E-state index in [0.717, 1.165) is 5.56 Å². The summed E-state index contributed by atoms with van der Waals surface area (Å²) in [6.07, 6.45) is 0. The Kier molecular flexibility index (Phi) is 2.83. The van der Waals surface area contributed by atoms with E-state index in [9.17, 15) is 0 Å². The molecule has 76 valence electrons. The molecule has 3 nitrogen and oxygen atoms in total. The molecule has 0 aliphatic carbocycles. The minimum Gasteiger partial charge on any atom is -0.490 e. The predicted octanol–water partition coefficient (Wildman–Crippen LogP) is 2.58. The number of hydrogen-bond donors (Lipinski definition) is 1. The van der Waals surface area contributed by atoms with Crippen LogP contribution in [0.5, 0.6) is 5.75 Å². The van der Waals surface area contributed by atoms with E-state index in [1.54, 1.807) is 19.2 Å². The van der Waals surface area contributed by atoms with Gasteiger partial charge in [0.2, 0.25) is 0 Å². The number of hydroxylamine groups is 1. The predicted molar refractivity (Wildman–Crippen MR) is 54.8 cm³/mol. The summed E-state index contributed by atoms with van der Waals surface area (Å²) in [7, 11) is 1.55. The smallest absolute Gasteiger partial charge is 0.144 e. The number of nitrogens with one attached hydrogen (secondary N) is 1. The van der Waals surface area contributed by atoms with Crippen LogP contribution < -0.4 is 10.2 Å². The first-order valence-electron chi connectivity index (χ1n) is 4.13. The van der Waals surface area contributed by atoms with Gasteiger partial charge in [-0.2, -0.15) is 5.48 Å². The van der Waals surface area contributed by atoms with Crippen LogP contribution in [0.3, 0.4) is 0 Å². The Balaban J connectivity index is 2.42. The van der Waals surface area contributed by atoms with Crippen molar-refractivity contribution in [2.75, 3.05) is 13.7 Å². The van der Waals surface area contributed by atoms with Gasteiger partial charge in [0.15, 0.2) is 0 Å². The van der Waals surface area contributed by atoms with Crippen LogP contribution in [0.2, 0.25) is 10.0 Å². The molecule has 14 heavy (non-hydrogen) atoms. The molecule has 1 heterocycles. The van der Waals surface area contributed by atoms with Crippen LogP contribution >= 0.6 is 23.2 Å². The second-order valence-corrected chi connectivity index (χ2v) is 3.77. The fraction of sp³-hybridized carbons (Fsp3) is 0.333. The highest BCUT2D eigenvalue weighted by Gasteiger charge is 2.28. The van der Waals surface area contributed by atoms with Gasteiger partial charge in [-0.05, 0) is 12.1 Å². The van der Waals surface area contributed by atoms with Crippen LogP contribution in [-0.2, 0) is 4.84 Å². The van der Waals surface area contributed by atoms with Crippen molar-refractivity contribution >= 4 is 23.2 Å². The first-order chi connectivity index (χ1) is 6.74. The monoisotopic (exact) mass is 233 g/mol. The first-order valence-corrected chi connectivity index (χ1v) is 4.89. The molecule has 0 aromatic heterocycles. The average molecular weight is 234 g/mol. The van der Waals surface area contributed by atoms with Crippen LogP contribution in [0.25, 0.3) is 0 Å². The summed E-state index contributed by atoms with van der Waals surface area (Å²) in [5.74, 6) is 0.647. The molecule has 1 aromatic carbocycles. The molecule has 5 heteroatoms. The largest absolute Gasteiger partial charge is 0.490 e. The van der Waals surface area contributed by atoms with Crippen LogP contribution in [0.15, 0.2) is 12.1 Å². The Labute approximate surface area is 91.9 Å². The molecule has 1 unspecified atom stereocenters. The van der Waals surface area contributed by atoms with Crippen molar-refractivity contribution in [1.82, 2.24) is 5.48 Å². The molecule has 1 atom stereocenters. The molecule has 0 saturated carbocycles. The van der Waals surface area contributed by atoms with E-state index in [-0.39, 0.29) is 6.04 Å². The lowest BCUT2D eigenvalue weighted by molar-refractivity contribution is 0.0536. The fourth-order valence-corrected chi connectivity index (χ4v) is 2.01. The third kappa shape index (κ3) is 1.57. The number of hydrogen-bond acceptors (Lipinski definition) is 3. The van der Waals surface area contributed by atoms with E-state index in [1.807, 2.05) is 0 Å². The van der Waals surface area contributed by atoms with E-state index < -0.39 is 0 Å². The van der Waals surface area contributed by atoms with Crippen molar-refractivity contribution in [2.45, 2.75) is 6.04 Å². The summed E-state index contributed by atoms with van der Waals surface area (Å²) in [6.45, 7) is 0.479. The van der Waals surface area contributed by atoms with Gasteiger partial charge in [-0.15, -0.1) is 0 Å². The van der Waals surface area contributed by atoms with Gasteiger partial charge >= 0.3 is 0 Å². The van der Waals surface area contributed by atoms with Gasteiger partial charge < -0.3 is 9.57 Å². The van der Waals surface area contributed by atoms with E-state index in [0.29, 0.717) is 22.4 Å². The quantitative estimate of drug-likeness (QED) is 0.797. The molecule has 1 aliphatic rings. The summed E-state index contributed by atoms with van der Waals surface area (Å²) in [5.41, 5.74) is 3.66. The summed E-state index contributed by atoms with van der Waals surface area (Å²) < 4.78 is 5.42. The molecule has 0 bridgehead atoms. The lowest BCUT2D eigenvalue weighted by Gasteiger charge is -2.10. The molecular formula is C9H9Cl2NO2. The Morgan fingerprint density at radius 1 is 1.43 bits per heavy atom. The Morgan fingerprint density at radius 3 is 2.86 bits per heavy atom. The third-order valence-corrected chi connectivity index (χ3v) is 2.72. The van der Waals surface area contributed by atoms with Crippen molar-refractivity contribution in [1.29, 1.82) is 0 Å². The number of rotatable bonds is 2. The zero-order chi connectivity index (χ0) is 10.1. The lowest BCUT2D eigenvalue weighted by atomic mass is 10.1. The Bertz CT molecular complexity index is 357. The second kappa shape index (κ2) is 3.95. The molecule has 0 radical (unpaired) electrons. The molecule has 0 amide bonds. The van der Waals surface area contributed by atoms with Crippen LogP contribution in [0.1, 0.15) is 11.6 Å². The fourth-order valence-electron chi connectivity index (χ4n) is 1.51. The number of fused-ring (bicyclic) bond motifs is 1. The SMILES string of the molecule is CONC1COc2c(Cl)ccc(Cl)c21. The normalized spacial score (nSPS) is 19.2. The van der Waals surface area contributed by atoms with Crippen molar-refractivity contribution < 1.29 is 9.57 Å². The van der Waals surface area contributed by atoms with Gasteiger partial charge in [0, 0.05) is 10.6 Å². The highest BCUT2D eigenvalue weighted by molar-refractivity contribution is 6.35. The molecule has 2 rings (SSSR count). The topological polar surface area (TPSA) is 30.5 Å². The minimum absolute atomic E-state index is 0.0544. The standard InChI is InChI=1S/C9H9Cl2NO2/c1-13-12-7-4-14-9-6(11)3-2-5(10)8(7)9/h2-3,7,12H,4H2,1H3. The number of halogens is 2. The molecule has 0 fully saturated rings. The molecule has 1 N–H and O–H groups in total. The van der Waals surface area contributed by atoms with Crippen molar-refractivity contribution in [3.8, 4) is 5.75 Å². The van der Waals surface area contributed by atoms with Crippen LogP contribution in [-0.4, -0.2) is 13.7 Å². The van der Waals surface area contributed by atoms with E-state index in [1.165, 1.54) is 0 Å². The van der Waals surface area contributed by atoms with E-state index >= 15 is 0 Å². The zero-order valence-corrected chi connectivity index (χ0v) is 9.02. The van der Waals surface area contributed by atoms with Crippen molar-refractivity contribution in [3.63, 3.8) is 0 Å². The van der Waals surface area contributed by atoms with E-state index in [4.69, 9.17) is 32.8 Å². The molecular weight excluding hydrogens is 225 g/mol. The Hall–Kier alpha value is -0.480. The second-order valence-electron chi connectivity index (χ2n) is 2.96. The van der Waals surface area contributed by atoms with Crippen LogP contribution in [0.4, 0.5) is 0 Å².